The molecule has 1 N–H and O–H groups in total. The minimum Gasteiger partial charge on any atom is -0.489 e. The van der Waals surface area contributed by atoms with Crippen molar-refractivity contribution in [1.82, 2.24) is 25.1 Å². The van der Waals surface area contributed by atoms with Crippen molar-refractivity contribution in [3.63, 3.8) is 0 Å². The highest BCUT2D eigenvalue weighted by atomic mass is 19.4. The minimum atomic E-state index is -4.44. The second kappa shape index (κ2) is 11.4. The number of hydrogen-bond acceptors (Lipinski definition) is 8. The molecule has 1 aromatic carbocycles. The molecule has 13 heteroatoms. The maximum atomic E-state index is 13.3. The number of carbonyl (C=O) groups excluding carboxylic acids is 1. The van der Waals surface area contributed by atoms with E-state index in [0.717, 1.165) is 29.1 Å². The molecule has 3 aromatic heterocycles. The lowest BCUT2D eigenvalue weighted by Crippen LogP contribution is -2.49. The lowest BCUT2D eigenvalue weighted by molar-refractivity contribution is -0.137. The first-order valence-electron chi connectivity index (χ1n) is 13.7. The zero-order valence-corrected chi connectivity index (χ0v) is 23.2. The van der Waals surface area contributed by atoms with Crippen molar-refractivity contribution in [3.8, 4) is 5.75 Å². The van der Waals surface area contributed by atoms with Gasteiger partial charge in [0.2, 0.25) is 0 Å². The number of ether oxygens (including phenoxy) is 1. The van der Waals surface area contributed by atoms with Crippen LogP contribution in [0.15, 0.2) is 72.0 Å². The Morgan fingerprint density at radius 2 is 1.84 bits per heavy atom. The van der Waals surface area contributed by atoms with Gasteiger partial charge in [0.05, 0.1) is 35.2 Å². The predicted octanol–water partition coefficient (Wildman–Crippen LogP) is 3.99. The molecule has 0 bridgehead atoms. The fourth-order valence-electron chi connectivity index (χ4n) is 5.49. The van der Waals surface area contributed by atoms with Crippen LogP contribution in [-0.4, -0.2) is 63.8 Å². The van der Waals surface area contributed by atoms with E-state index >= 15 is 0 Å². The van der Waals surface area contributed by atoms with Gasteiger partial charge in [-0.05, 0) is 36.2 Å². The summed E-state index contributed by atoms with van der Waals surface area (Å²) in [7, 11) is 0. The largest absolute Gasteiger partial charge is 0.489 e. The summed E-state index contributed by atoms with van der Waals surface area (Å²) in [6.07, 6.45) is 1.06. The summed E-state index contributed by atoms with van der Waals surface area (Å²) in [6.45, 7) is 4.23. The van der Waals surface area contributed by atoms with Gasteiger partial charge in [-0.25, -0.2) is 10.1 Å². The molecule has 0 saturated carbocycles. The highest BCUT2D eigenvalue weighted by Crippen LogP contribution is 2.38. The number of benzene rings is 1. The van der Waals surface area contributed by atoms with Crippen LogP contribution in [0.3, 0.4) is 0 Å². The van der Waals surface area contributed by atoms with Crippen LogP contribution in [0.4, 0.5) is 24.7 Å². The van der Waals surface area contributed by atoms with Crippen LogP contribution < -0.4 is 20.1 Å². The SMILES string of the molecule is Cc1c(N2Cc3ccccc3C2COc2cncc(C(=O)N3CCN(c4ccc(C(F)(F)F)cn4)CC3)c2)cn[nH]c1=O. The lowest BCUT2D eigenvalue weighted by Gasteiger charge is -2.35. The molecular formula is C30H28F3N7O3. The maximum absolute atomic E-state index is 13.3. The molecule has 43 heavy (non-hydrogen) atoms. The molecule has 1 saturated heterocycles. The molecule has 1 atom stereocenters. The van der Waals surface area contributed by atoms with Gasteiger partial charge in [-0.15, -0.1) is 0 Å². The minimum absolute atomic E-state index is 0.190. The molecule has 2 aliphatic rings. The summed E-state index contributed by atoms with van der Waals surface area (Å²) in [6, 6.07) is 11.9. The number of fused-ring (bicyclic) bond motifs is 1. The number of alkyl halides is 3. The van der Waals surface area contributed by atoms with Crippen molar-refractivity contribution in [1.29, 1.82) is 0 Å². The molecule has 10 nitrogen and oxygen atoms in total. The molecule has 222 valence electrons. The van der Waals surface area contributed by atoms with Crippen LogP contribution >= 0.6 is 0 Å². The zero-order valence-electron chi connectivity index (χ0n) is 23.2. The quantitative estimate of drug-likeness (QED) is 0.359. The number of nitrogens with zero attached hydrogens (tertiary/aromatic N) is 6. The average Bonchev–Trinajstić information content (AvgIpc) is 3.39. The number of halogens is 3. The summed E-state index contributed by atoms with van der Waals surface area (Å²) in [5.41, 5.74) is 2.83. The Labute approximate surface area is 244 Å². The van der Waals surface area contributed by atoms with Gasteiger partial charge in [-0.3, -0.25) is 14.6 Å². The van der Waals surface area contributed by atoms with Crippen molar-refractivity contribution >= 4 is 17.4 Å². The topological polar surface area (TPSA) is 108 Å². The van der Waals surface area contributed by atoms with E-state index < -0.39 is 11.7 Å². The van der Waals surface area contributed by atoms with E-state index in [-0.39, 0.29) is 24.1 Å². The number of pyridine rings is 2. The Balaban J connectivity index is 1.12. The molecule has 0 spiro atoms. The number of hydrogen-bond donors (Lipinski definition) is 1. The third kappa shape index (κ3) is 5.74. The van der Waals surface area contributed by atoms with E-state index in [1.165, 1.54) is 12.3 Å². The summed E-state index contributed by atoms with van der Waals surface area (Å²) < 4.78 is 44.8. The third-order valence-corrected chi connectivity index (χ3v) is 7.85. The van der Waals surface area contributed by atoms with E-state index in [1.54, 1.807) is 30.3 Å². The zero-order chi connectivity index (χ0) is 30.1. The molecular weight excluding hydrogens is 563 g/mol. The normalized spacial score (nSPS) is 16.7. The number of rotatable bonds is 6. The fourth-order valence-corrected chi connectivity index (χ4v) is 5.49. The smallest absolute Gasteiger partial charge is 0.417 e. The molecule has 1 fully saturated rings. The number of H-pyrrole nitrogens is 1. The highest BCUT2D eigenvalue weighted by Gasteiger charge is 2.33. The van der Waals surface area contributed by atoms with Crippen LogP contribution in [0.25, 0.3) is 0 Å². The highest BCUT2D eigenvalue weighted by molar-refractivity contribution is 5.94. The van der Waals surface area contributed by atoms with Gasteiger partial charge in [0.1, 0.15) is 18.2 Å². The number of aromatic amines is 1. The Bertz CT molecular complexity index is 1690. The summed E-state index contributed by atoms with van der Waals surface area (Å²) in [5, 5.41) is 6.46. The molecule has 4 aromatic rings. The standard InChI is InChI=1S/C30H28F3N7O3/c1-19-25(16-36-37-28(19)41)40-17-20-4-2-3-5-24(20)26(40)18-43-23-12-21(13-34-15-23)29(42)39-10-8-38(9-11-39)27-7-6-22(14-35-27)30(31,32)33/h2-7,12-16,26H,8-11,17-18H2,1H3,(H,37,41). The summed E-state index contributed by atoms with van der Waals surface area (Å²) in [5.74, 6) is 0.658. The predicted molar refractivity (Wildman–Crippen MR) is 152 cm³/mol. The van der Waals surface area contributed by atoms with Crippen molar-refractivity contribution in [2.75, 3.05) is 42.6 Å². The molecule has 6 rings (SSSR count). The van der Waals surface area contributed by atoms with Crippen LogP contribution in [0.5, 0.6) is 5.75 Å². The molecule has 1 unspecified atom stereocenters. The number of piperazine rings is 1. The van der Waals surface area contributed by atoms with Crippen molar-refractivity contribution in [3.05, 3.63) is 105 Å². The lowest BCUT2D eigenvalue weighted by atomic mass is 10.1. The Morgan fingerprint density at radius 3 is 2.58 bits per heavy atom. The van der Waals surface area contributed by atoms with Gasteiger partial charge >= 0.3 is 6.18 Å². The number of aromatic nitrogens is 4. The van der Waals surface area contributed by atoms with Crippen LogP contribution in [0.2, 0.25) is 0 Å². The van der Waals surface area contributed by atoms with Gasteiger partial charge in [-0.1, -0.05) is 24.3 Å². The second-order valence-corrected chi connectivity index (χ2v) is 10.5. The molecule has 5 heterocycles. The second-order valence-electron chi connectivity index (χ2n) is 10.5. The van der Waals surface area contributed by atoms with Gasteiger partial charge in [-0.2, -0.15) is 18.3 Å². The number of carbonyl (C=O) groups is 1. The molecule has 0 radical (unpaired) electrons. The van der Waals surface area contributed by atoms with Gasteiger partial charge < -0.3 is 19.4 Å². The van der Waals surface area contributed by atoms with Crippen LogP contribution in [0, 0.1) is 6.92 Å². The monoisotopic (exact) mass is 591 g/mol. The van der Waals surface area contributed by atoms with E-state index in [1.807, 2.05) is 29.2 Å². The Morgan fingerprint density at radius 1 is 1.05 bits per heavy atom. The first-order valence-corrected chi connectivity index (χ1v) is 13.7. The van der Waals surface area contributed by atoms with Gasteiger partial charge in [0, 0.05) is 50.7 Å². The first-order chi connectivity index (χ1) is 20.7. The van der Waals surface area contributed by atoms with Crippen molar-refractivity contribution in [2.24, 2.45) is 0 Å². The Hall–Kier alpha value is -4.94. The number of anilines is 2. The third-order valence-electron chi connectivity index (χ3n) is 7.85. The van der Waals surface area contributed by atoms with Crippen molar-refractivity contribution < 1.29 is 22.7 Å². The van der Waals surface area contributed by atoms with Crippen LogP contribution in [-0.2, 0) is 12.7 Å². The van der Waals surface area contributed by atoms with E-state index in [4.69, 9.17) is 4.74 Å². The van der Waals surface area contributed by atoms with Crippen LogP contribution in [0.1, 0.15) is 38.7 Å². The van der Waals surface area contributed by atoms with E-state index in [0.29, 0.717) is 55.4 Å². The molecule has 1 amide bonds. The van der Waals surface area contributed by atoms with E-state index in [9.17, 15) is 22.8 Å². The number of nitrogens with one attached hydrogen (secondary N) is 1. The molecule has 2 aliphatic heterocycles. The fraction of sp³-hybridized carbons (Fsp3) is 0.300. The van der Waals surface area contributed by atoms with Crippen molar-refractivity contribution in [2.45, 2.75) is 25.7 Å². The Kier molecular flexibility index (Phi) is 7.46. The summed E-state index contributed by atoms with van der Waals surface area (Å²) >= 11 is 0. The first kappa shape index (κ1) is 28.2. The van der Waals surface area contributed by atoms with Gasteiger partial charge in [0.15, 0.2) is 0 Å². The van der Waals surface area contributed by atoms with E-state index in [2.05, 4.69) is 25.1 Å². The average molecular weight is 592 g/mol. The summed E-state index contributed by atoms with van der Waals surface area (Å²) in [4.78, 5) is 39.4. The molecule has 0 aliphatic carbocycles. The number of amides is 1. The maximum Gasteiger partial charge on any atom is 0.417 e. The van der Waals surface area contributed by atoms with Gasteiger partial charge in [0.25, 0.3) is 11.5 Å².